The first-order chi connectivity index (χ1) is 15.7. The van der Waals surface area contributed by atoms with Gasteiger partial charge in [-0.2, -0.15) is 13.2 Å². The molecular formula is C23H31F3N6O. The molecule has 1 aliphatic carbocycles. The highest BCUT2D eigenvalue weighted by Crippen LogP contribution is 2.33. The molecule has 0 bridgehead atoms. The monoisotopic (exact) mass is 464 g/mol. The molecule has 10 heteroatoms. The number of amides is 1. The molecule has 1 saturated heterocycles. The van der Waals surface area contributed by atoms with Gasteiger partial charge in [-0.3, -0.25) is 9.69 Å². The van der Waals surface area contributed by atoms with Crippen LogP contribution >= 0.6 is 0 Å². The fourth-order valence-electron chi connectivity index (χ4n) is 4.95. The van der Waals surface area contributed by atoms with E-state index < -0.39 is 11.7 Å². The van der Waals surface area contributed by atoms with Crippen molar-refractivity contribution in [1.29, 1.82) is 0 Å². The number of nitrogens with two attached hydrogens (primary N) is 1. The summed E-state index contributed by atoms with van der Waals surface area (Å²) >= 11 is 0. The quantitative estimate of drug-likeness (QED) is 0.583. The minimum absolute atomic E-state index is 0.0706. The number of alkyl halides is 3. The van der Waals surface area contributed by atoms with Crippen LogP contribution in [0.25, 0.3) is 10.9 Å². The molecule has 1 saturated carbocycles. The summed E-state index contributed by atoms with van der Waals surface area (Å²) in [7, 11) is 0. The molecule has 0 radical (unpaired) electrons. The maximum atomic E-state index is 13.1. The molecule has 2 aliphatic rings. The number of fused-ring (bicyclic) bond motifs is 1. The van der Waals surface area contributed by atoms with E-state index in [0.717, 1.165) is 44.5 Å². The summed E-state index contributed by atoms with van der Waals surface area (Å²) in [5.74, 6) is 0.619. The molecular weight excluding hydrogens is 433 g/mol. The lowest BCUT2D eigenvalue weighted by atomic mass is 9.79. The van der Waals surface area contributed by atoms with Crippen LogP contribution in [0.15, 0.2) is 24.5 Å². The first-order valence-corrected chi connectivity index (χ1v) is 11.6. The van der Waals surface area contributed by atoms with Crippen LogP contribution in [-0.4, -0.2) is 58.5 Å². The second-order valence-electron chi connectivity index (χ2n) is 9.16. The molecule has 2 aromatic rings. The zero-order chi connectivity index (χ0) is 23.6. The Bertz CT molecular complexity index is 970. The van der Waals surface area contributed by atoms with E-state index in [4.69, 9.17) is 5.73 Å². The van der Waals surface area contributed by atoms with Crippen molar-refractivity contribution < 1.29 is 18.0 Å². The molecule has 2 fully saturated rings. The molecule has 1 aromatic carbocycles. The molecule has 4 N–H and O–H groups in total. The Kier molecular flexibility index (Phi) is 7.04. The largest absolute Gasteiger partial charge is 0.416 e. The van der Waals surface area contributed by atoms with Gasteiger partial charge in [0.15, 0.2) is 0 Å². The van der Waals surface area contributed by atoms with Gasteiger partial charge in [-0.1, -0.05) is 6.92 Å². The Morgan fingerprint density at radius 1 is 1.21 bits per heavy atom. The number of carbonyl (C=O) groups is 1. The van der Waals surface area contributed by atoms with Crippen molar-refractivity contribution in [3.63, 3.8) is 0 Å². The van der Waals surface area contributed by atoms with Crippen molar-refractivity contribution in [3.05, 3.63) is 30.1 Å². The lowest BCUT2D eigenvalue weighted by molar-refractivity contribution is -0.137. The molecule has 1 atom stereocenters. The topological polar surface area (TPSA) is 96.2 Å². The van der Waals surface area contributed by atoms with Gasteiger partial charge in [0.2, 0.25) is 5.91 Å². The Balaban J connectivity index is 1.24. The number of carbonyl (C=O) groups excluding carboxylic acids is 1. The number of nitrogens with one attached hydrogen (secondary N) is 2. The highest BCUT2D eigenvalue weighted by molar-refractivity contribution is 5.91. The lowest BCUT2D eigenvalue weighted by Crippen LogP contribution is -2.63. The van der Waals surface area contributed by atoms with Crippen LogP contribution < -0.4 is 16.4 Å². The molecule has 180 valence electrons. The molecule has 1 amide bonds. The van der Waals surface area contributed by atoms with Crippen LogP contribution in [-0.2, 0) is 11.0 Å². The first kappa shape index (κ1) is 23.7. The summed E-state index contributed by atoms with van der Waals surface area (Å²) in [6.07, 6.45) is 2.47. The second kappa shape index (κ2) is 9.80. The maximum absolute atomic E-state index is 13.1. The number of rotatable bonds is 7. The number of halogens is 3. The number of anilines is 1. The van der Waals surface area contributed by atoms with E-state index in [1.165, 1.54) is 25.2 Å². The fraction of sp³-hybridized carbons (Fsp3) is 0.609. The standard InChI is InChI=1S/C23H31F3N6O/c1-2-19(27)14-3-6-17(7-4-14)32-11-16(12-32)31-21(33)10-28-22-18-9-15(23(24,25)26)5-8-20(18)29-13-30-22/h5,8-9,13-14,16-17,19H,2-4,6-7,10-12,27H2,1H3,(H,31,33)(H,28,29,30)/t14-,17-,19-/m1/s1. The highest BCUT2D eigenvalue weighted by atomic mass is 19.4. The molecule has 0 spiro atoms. The molecule has 2 heterocycles. The van der Waals surface area contributed by atoms with Crippen molar-refractivity contribution >= 4 is 22.6 Å². The number of hydrogen-bond donors (Lipinski definition) is 3. The summed E-state index contributed by atoms with van der Waals surface area (Å²) in [5.41, 5.74) is 5.79. The van der Waals surface area contributed by atoms with Crippen LogP contribution in [0.4, 0.5) is 19.0 Å². The van der Waals surface area contributed by atoms with Gasteiger partial charge < -0.3 is 16.4 Å². The Morgan fingerprint density at radius 2 is 1.94 bits per heavy atom. The normalized spacial score (nSPS) is 23.2. The van der Waals surface area contributed by atoms with Crippen molar-refractivity contribution in [2.24, 2.45) is 11.7 Å². The van der Waals surface area contributed by atoms with Crippen LogP contribution in [0.5, 0.6) is 0 Å². The van der Waals surface area contributed by atoms with Crippen LogP contribution in [0.2, 0.25) is 0 Å². The third-order valence-corrected chi connectivity index (χ3v) is 6.99. The Morgan fingerprint density at radius 3 is 2.61 bits per heavy atom. The van der Waals surface area contributed by atoms with Crippen LogP contribution in [0.3, 0.4) is 0 Å². The number of hydrogen-bond acceptors (Lipinski definition) is 6. The fourth-order valence-corrected chi connectivity index (χ4v) is 4.95. The zero-order valence-corrected chi connectivity index (χ0v) is 18.7. The van der Waals surface area contributed by atoms with Gasteiger partial charge in [0.1, 0.15) is 12.1 Å². The van der Waals surface area contributed by atoms with Crippen LogP contribution in [0.1, 0.15) is 44.6 Å². The minimum Gasteiger partial charge on any atom is -0.360 e. The summed E-state index contributed by atoms with van der Waals surface area (Å²) in [5, 5.41) is 6.08. The van der Waals surface area contributed by atoms with Gasteiger partial charge in [-0.25, -0.2) is 9.97 Å². The number of likely N-dealkylation sites (tertiary alicyclic amines) is 1. The van der Waals surface area contributed by atoms with E-state index in [-0.39, 0.29) is 29.7 Å². The molecule has 1 aromatic heterocycles. The summed E-state index contributed by atoms with van der Waals surface area (Å²) in [6.45, 7) is 3.72. The van der Waals surface area contributed by atoms with Crippen molar-refractivity contribution in [1.82, 2.24) is 20.2 Å². The average Bonchev–Trinajstić information content (AvgIpc) is 2.78. The van der Waals surface area contributed by atoms with Gasteiger partial charge in [0, 0.05) is 30.6 Å². The van der Waals surface area contributed by atoms with Crippen molar-refractivity contribution in [3.8, 4) is 0 Å². The van der Waals surface area contributed by atoms with E-state index >= 15 is 0 Å². The maximum Gasteiger partial charge on any atom is 0.416 e. The highest BCUT2D eigenvalue weighted by Gasteiger charge is 2.36. The van der Waals surface area contributed by atoms with Gasteiger partial charge in [0.05, 0.1) is 23.7 Å². The van der Waals surface area contributed by atoms with E-state index in [1.807, 2.05) is 0 Å². The van der Waals surface area contributed by atoms with Gasteiger partial charge in [0.25, 0.3) is 0 Å². The molecule has 1 aliphatic heterocycles. The second-order valence-corrected chi connectivity index (χ2v) is 9.16. The van der Waals surface area contributed by atoms with Crippen molar-refractivity contribution in [2.75, 3.05) is 25.0 Å². The molecule has 4 rings (SSSR count). The summed E-state index contributed by atoms with van der Waals surface area (Å²) < 4.78 is 39.2. The van der Waals surface area contributed by atoms with Gasteiger partial charge in [-0.05, 0) is 56.2 Å². The predicted octanol–water partition coefficient (Wildman–Crippen LogP) is 3.16. The van der Waals surface area contributed by atoms with Crippen molar-refractivity contribution in [2.45, 2.75) is 63.3 Å². The Labute approximate surface area is 191 Å². The SMILES string of the molecule is CC[C@@H](N)[C@H]1CC[C@H](N2CC(NC(=O)CNc3ncnc4ccc(C(F)(F)F)cc34)C2)CC1. The van der Waals surface area contributed by atoms with E-state index in [0.29, 0.717) is 23.5 Å². The van der Waals surface area contributed by atoms with E-state index in [2.05, 4.69) is 32.4 Å². The zero-order valence-electron chi connectivity index (χ0n) is 18.7. The molecule has 33 heavy (non-hydrogen) atoms. The van der Waals surface area contributed by atoms with Gasteiger partial charge in [-0.15, -0.1) is 0 Å². The van der Waals surface area contributed by atoms with Crippen LogP contribution in [0, 0.1) is 5.92 Å². The lowest BCUT2D eigenvalue weighted by Gasteiger charge is -2.47. The third-order valence-electron chi connectivity index (χ3n) is 6.99. The summed E-state index contributed by atoms with van der Waals surface area (Å²) in [4.78, 5) is 22.8. The number of benzene rings is 1. The predicted molar refractivity (Wildman–Crippen MR) is 121 cm³/mol. The smallest absolute Gasteiger partial charge is 0.360 e. The van der Waals surface area contributed by atoms with E-state index in [9.17, 15) is 18.0 Å². The number of aromatic nitrogens is 2. The summed E-state index contributed by atoms with van der Waals surface area (Å²) in [6, 6.07) is 4.24. The molecule has 0 unspecified atom stereocenters. The molecule has 7 nitrogen and oxygen atoms in total. The van der Waals surface area contributed by atoms with E-state index in [1.54, 1.807) is 0 Å². The Hall–Kier alpha value is -2.46. The number of nitrogens with zero attached hydrogens (tertiary/aromatic N) is 3. The van der Waals surface area contributed by atoms with Gasteiger partial charge >= 0.3 is 6.18 Å². The average molecular weight is 465 g/mol. The first-order valence-electron chi connectivity index (χ1n) is 11.6. The third kappa shape index (κ3) is 5.55. The minimum atomic E-state index is -4.46.